The molecule has 84 valence electrons. The Kier molecular flexibility index (Phi) is 3.26. The molecule has 2 N–H and O–H groups in total. The number of aromatic nitrogens is 1. The summed E-state index contributed by atoms with van der Waals surface area (Å²) >= 11 is 1.49. The standard InChI is InChI=1S/C11H10F2N2S/c12-9-2-1-7(3-10(9)13)11(14)4-8-5-15-6-16-8/h1-3,5-6,11H,4,14H2. The quantitative estimate of drug-likeness (QED) is 0.895. The van der Waals surface area contributed by atoms with Gasteiger partial charge in [-0.3, -0.25) is 4.98 Å². The third kappa shape index (κ3) is 2.43. The average molecular weight is 240 g/mol. The summed E-state index contributed by atoms with van der Waals surface area (Å²) in [5, 5.41) is 0. The van der Waals surface area contributed by atoms with Gasteiger partial charge in [0.05, 0.1) is 5.51 Å². The summed E-state index contributed by atoms with van der Waals surface area (Å²) in [6.07, 6.45) is 2.31. The largest absolute Gasteiger partial charge is 0.324 e. The van der Waals surface area contributed by atoms with E-state index in [9.17, 15) is 8.78 Å². The maximum Gasteiger partial charge on any atom is 0.159 e. The highest BCUT2D eigenvalue weighted by molar-refractivity contribution is 7.09. The monoisotopic (exact) mass is 240 g/mol. The van der Waals surface area contributed by atoms with Crippen molar-refractivity contribution in [3.8, 4) is 0 Å². The van der Waals surface area contributed by atoms with Crippen LogP contribution in [0.4, 0.5) is 8.78 Å². The Morgan fingerprint density at radius 3 is 2.75 bits per heavy atom. The summed E-state index contributed by atoms with van der Waals surface area (Å²) in [7, 11) is 0. The molecule has 0 aliphatic rings. The van der Waals surface area contributed by atoms with E-state index in [4.69, 9.17) is 5.73 Å². The highest BCUT2D eigenvalue weighted by Gasteiger charge is 2.11. The molecule has 1 aromatic heterocycles. The number of nitrogens with zero attached hydrogens (tertiary/aromatic N) is 1. The van der Waals surface area contributed by atoms with Crippen molar-refractivity contribution in [2.24, 2.45) is 5.73 Å². The van der Waals surface area contributed by atoms with E-state index < -0.39 is 11.6 Å². The van der Waals surface area contributed by atoms with Crippen LogP contribution < -0.4 is 5.73 Å². The Hall–Kier alpha value is -1.33. The lowest BCUT2D eigenvalue weighted by atomic mass is 10.0. The van der Waals surface area contributed by atoms with Crippen LogP contribution in [0.25, 0.3) is 0 Å². The van der Waals surface area contributed by atoms with Crippen molar-refractivity contribution in [2.45, 2.75) is 12.5 Å². The van der Waals surface area contributed by atoms with Crippen molar-refractivity contribution >= 4 is 11.3 Å². The number of hydrogen-bond acceptors (Lipinski definition) is 3. The van der Waals surface area contributed by atoms with Crippen molar-refractivity contribution in [2.75, 3.05) is 0 Å². The molecule has 0 radical (unpaired) electrons. The Morgan fingerprint density at radius 1 is 1.31 bits per heavy atom. The summed E-state index contributed by atoms with van der Waals surface area (Å²) < 4.78 is 25.7. The van der Waals surface area contributed by atoms with Crippen molar-refractivity contribution in [1.29, 1.82) is 0 Å². The number of rotatable bonds is 3. The summed E-state index contributed by atoms with van der Waals surface area (Å²) in [6, 6.07) is 3.40. The van der Waals surface area contributed by atoms with E-state index in [1.54, 1.807) is 11.7 Å². The number of thiazole rings is 1. The first-order valence-corrected chi connectivity index (χ1v) is 5.62. The predicted molar refractivity (Wildman–Crippen MR) is 59.1 cm³/mol. The molecule has 0 fully saturated rings. The fourth-order valence-electron chi connectivity index (χ4n) is 1.42. The topological polar surface area (TPSA) is 38.9 Å². The molecule has 1 heterocycles. The molecular formula is C11H10F2N2S. The van der Waals surface area contributed by atoms with Gasteiger partial charge in [-0.25, -0.2) is 8.78 Å². The number of nitrogens with two attached hydrogens (primary N) is 1. The van der Waals surface area contributed by atoms with E-state index >= 15 is 0 Å². The van der Waals surface area contributed by atoms with Gasteiger partial charge in [0.15, 0.2) is 11.6 Å². The highest BCUT2D eigenvalue weighted by Crippen LogP contribution is 2.19. The summed E-state index contributed by atoms with van der Waals surface area (Å²) in [4.78, 5) is 4.95. The zero-order valence-electron chi connectivity index (χ0n) is 8.36. The molecule has 1 unspecified atom stereocenters. The van der Waals surface area contributed by atoms with Crippen LogP contribution in [0.15, 0.2) is 29.9 Å². The second kappa shape index (κ2) is 4.67. The number of halogens is 2. The van der Waals surface area contributed by atoms with Crippen LogP contribution in [0.1, 0.15) is 16.5 Å². The second-order valence-electron chi connectivity index (χ2n) is 3.45. The molecule has 0 saturated heterocycles. The molecule has 0 spiro atoms. The molecule has 0 amide bonds. The lowest BCUT2D eigenvalue weighted by Crippen LogP contribution is -2.13. The number of hydrogen-bond donors (Lipinski definition) is 1. The summed E-state index contributed by atoms with van der Waals surface area (Å²) in [6.45, 7) is 0. The Bertz CT molecular complexity index is 471. The van der Waals surface area contributed by atoms with E-state index in [0.717, 1.165) is 17.0 Å². The third-order valence-corrected chi connectivity index (χ3v) is 3.08. The minimum atomic E-state index is -0.864. The van der Waals surface area contributed by atoms with Gasteiger partial charge in [-0.05, 0) is 17.7 Å². The van der Waals surface area contributed by atoms with Gasteiger partial charge in [0.25, 0.3) is 0 Å². The maximum atomic E-state index is 13.0. The van der Waals surface area contributed by atoms with E-state index in [1.807, 2.05) is 0 Å². The fourth-order valence-corrected chi connectivity index (χ4v) is 2.08. The SMILES string of the molecule is NC(Cc1cncs1)c1ccc(F)c(F)c1. The molecule has 2 aromatic rings. The maximum absolute atomic E-state index is 13.0. The van der Waals surface area contributed by atoms with Crippen LogP contribution in [0.3, 0.4) is 0 Å². The zero-order chi connectivity index (χ0) is 11.5. The van der Waals surface area contributed by atoms with Gasteiger partial charge in [-0.15, -0.1) is 11.3 Å². The van der Waals surface area contributed by atoms with E-state index in [0.29, 0.717) is 12.0 Å². The molecule has 0 aliphatic carbocycles. The van der Waals surface area contributed by atoms with Gasteiger partial charge in [-0.2, -0.15) is 0 Å². The van der Waals surface area contributed by atoms with Crippen molar-refractivity contribution in [3.05, 3.63) is 52.0 Å². The third-order valence-electron chi connectivity index (χ3n) is 2.28. The van der Waals surface area contributed by atoms with Crippen LogP contribution in [0.2, 0.25) is 0 Å². The smallest absolute Gasteiger partial charge is 0.159 e. The Labute approximate surface area is 95.7 Å². The molecule has 2 nitrogen and oxygen atoms in total. The fraction of sp³-hybridized carbons (Fsp3) is 0.182. The van der Waals surface area contributed by atoms with Crippen LogP contribution in [0.5, 0.6) is 0 Å². The minimum Gasteiger partial charge on any atom is -0.324 e. The molecule has 1 atom stereocenters. The van der Waals surface area contributed by atoms with E-state index in [-0.39, 0.29) is 6.04 Å². The van der Waals surface area contributed by atoms with Crippen molar-refractivity contribution in [1.82, 2.24) is 4.98 Å². The summed E-state index contributed by atoms with van der Waals surface area (Å²) in [5.74, 6) is -1.72. The van der Waals surface area contributed by atoms with Crippen LogP contribution in [-0.4, -0.2) is 4.98 Å². The highest BCUT2D eigenvalue weighted by atomic mass is 32.1. The van der Waals surface area contributed by atoms with Crippen LogP contribution in [0, 0.1) is 11.6 Å². The van der Waals surface area contributed by atoms with Crippen molar-refractivity contribution in [3.63, 3.8) is 0 Å². The van der Waals surface area contributed by atoms with Gasteiger partial charge in [0, 0.05) is 23.5 Å². The molecule has 2 rings (SSSR count). The first kappa shape index (κ1) is 11.2. The number of benzene rings is 1. The Balaban J connectivity index is 2.14. The van der Waals surface area contributed by atoms with E-state index in [1.165, 1.54) is 17.4 Å². The van der Waals surface area contributed by atoms with Crippen LogP contribution in [-0.2, 0) is 6.42 Å². The lowest BCUT2D eigenvalue weighted by Gasteiger charge is -2.10. The molecule has 0 bridgehead atoms. The molecule has 5 heteroatoms. The minimum absolute atomic E-state index is 0.337. The van der Waals surface area contributed by atoms with Gasteiger partial charge in [-0.1, -0.05) is 6.07 Å². The molecule has 0 saturated carbocycles. The molecule has 0 aliphatic heterocycles. The zero-order valence-corrected chi connectivity index (χ0v) is 9.18. The second-order valence-corrected chi connectivity index (χ2v) is 4.42. The van der Waals surface area contributed by atoms with Gasteiger partial charge in [0.1, 0.15) is 0 Å². The predicted octanol–water partition coefficient (Wildman–Crippen LogP) is 2.66. The summed E-state index contributed by atoms with van der Waals surface area (Å²) in [5.41, 5.74) is 8.20. The van der Waals surface area contributed by atoms with E-state index in [2.05, 4.69) is 4.98 Å². The van der Waals surface area contributed by atoms with Crippen LogP contribution >= 0.6 is 11.3 Å². The van der Waals surface area contributed by atoms with Gasteiger partial charge >= 0.3 is 0 Å². The first-order valence-electron chi connectivity index (χ1n) is 4.74. The molecular weight excluding hydrogens is 230 g/mol. The normalized spacial score (nSPS) is 12.7. The van der Waals surface area contributed by atoms with Gasteiger partial charge < -0.3 is 5.73 Å². The lowest BCUT2D eigenvalue weighted by molar-refractivity contribution is 0.505. The van der Waals surface area contributed by atoms with Crippen molar-refractivity contribution < 1.29 is 8.78 Å². The molecule has 1 aromatic carbocycles. The average Bonchev–Trinajstić information content (AvgIpc) is 2.74. The van der Waals surface area contributed by atoms with Gasteiger partial charge in [0.2, 0.25) is 0 Å². The Morgan fingerprint density at radius 2 is 2.12 bits per heavy atom. The molecule has 16 heavy (non-hydrogen) atoms. The first-order chi connectivity index (χ1) is 7.66.